The number of hydrogen-bond acceptors (Lipinski definition) is 3. The van der Waals surface area contributed by atoms with Gasteiger partial charge in [0.05, 0.1) is 18.9 Å². The van der Waals surface area contributed by atoms with Crippen LogP contribution in [0.1, 0.15) is 19.3 Å². The molecule has 0 aliphatic heterocycles. The second-order valence-corrected chi connectivity index (χ2v) is 4.39. The molecule has 1 aliphatic carbocycles. The van der Waals surface area contributed by atoms with E-state index in [1.165, 1.54) is 0 Å². The Balaban J connectivity index is 1.97. The van der Waals surface area contributed by atoms with E-state index in [2.05, 4.69) is 11.4 Å². The minimum absolute atomic E-state index is 0.218. The highest BCUT2D eigenvalue weighted by molar-refractivity contribution is 5.56. The molecule has 3 heteroatoms. The average molecular weight is 216 g/mol. The SMILES string of the molecule is COc1ccccc1NCC1(CC#N)CC1. The van der Waals surface area contributed by atoms with Crippen LogP contribution in [0.2, 0.25) is 0 Å². The van der Waals surface area contributed by atoms with Crippen molar-refractivity contribution in [1.82, 2.24) is 0 Å². The molecule has 0 spiro atoms. The molecule has 1 fully saturated rings. The van der Waals surface area contributed by atoms with Crippen LogP contribution >= 0.6 is 0 Å². The van der Waals surface area contributed by atoms with Crippen molar-refractivity contribution in [3.05, 3.63) is 24.3 Å². The third-order valence-corrected chi connectivity index (χ3v) is 3.17. The average Bonchev–Trinajstić information content (AvgIpc) is 3.08. The third kappa shape index (κ3) is 2.27. The molecule has 2 rings (SSSR count). The largest absolute Gasteiger partial charge is 0.495 e. The van der Waals surface area contributed by atoms with Crippen molar-refractivity contribution in [3.8, 4) is 11.8 Å². The highest BCUT2D eigenvalue weighted by atomic mass is 16.5. The molecule has 1 saturated carbocycles. The summed E-state index contributed by atoms with van der Waals surface area (Å²) in [5, 5.41) is 12.1. The predicted molar refractivity (Wildman–Crippen MR) is 63.4 cm³/mol. The zero-order valence-electron chi connectivity index (χ0n) is 9.49. The van der Waals surface area contributed by atoms with Crippen molar-refractivity contribution >= 4 is 5.69 Å². The van der Waals surface area contributed by atoms with E-state index in [1.54, 1.807) is 7.11 Å². The fourth-order valence-corrected chi connectivity index (χ4v) is 1.83. The predicted octanol–water partition coefficient (Wildman–Crippen LogP) is 2.80. The number of nitrogens with zero attached hydrogens (tertiary/aromatic N) is 1. The van der Waals surface area contributed by atoms with Crippen LogP contribution < -0.4 is 10.1 Å². The van der Waals surface area contributed by atoms with Crippen molar-refractivity contribution in [2.45, 2.75) is 19.3 Å². The fraction of sp³-hybridized carbons (Fsp3) is 0.462. The lowest BCUT2D eigenvalue weighted by molar-refractivity contribution is 0.416. The topological polar surface area (TPSA) is 45.0 Å². The molecule has 16 heavy (non-hydrogen) atoms. The Morgan fingerprint density at radius 2 is 2.19 bits per heavy atom. The quantitative estimate of drug-likeness (QED) is 0.823. The summed E-state index contributed by atoms with van der Waals surface area (Å²) in [6.45, 7) is 0.862. The van der Waals surface area contributed by atoms with Crippen LogP contribution in [-0.2, 0) is 0 Å². The van der Waals surface area contributed by atoms with Crippen molar-refractivity contribution in [2.75, 3.05) is 19.0 Å². The molecule has 1 N–H and O–H groups in total. The van der Waals surface area contributed by atoms with Crippen LogP contribution in [0, 0.1) is 16.7 Å². The highest BCUT2D eigenvalue weighted by Crippen LogP contribution is 2.48. The Morgan fingerprint density at radius 1 is 1.44 bits per heavy atom. The fourth-order valence-electron chi connectivity index (χ4n) is 1.83. The number of hydrogen-bond donors (Lipinski definition) is 1. The lowest BCUT2D eigenvalue weighted by Crippen LogP contribution is -2.15. The summed E-state index contributed by atoms with van der Waals surface area (Å²) < 4.78 is 5.26. The first kappa shape index (κ1) is 10.8. The minimum atomic E-state index is 0.218. The maximum atomic E-state index is 8.74. The van der Waals surface area contributed by atoms with Crippen LogP contribution in [0.15, 0.2) is 24.3 Å². The second kappa shape index (κ2) is 4.44. The van der Waals surface area contributed by atoms with Crippen LogP contribution in [-0.4, -0.2) is 13.7 Å². The summed E-state index contributed by atoms with van der Waals surface area (Å²) in [5.41, 5.74) is 1.23. The zero-order chi connectivity index (χ0) is 11.4. The summed E-state index contributed by atoms with van der Waals surface area (Å²) in [7, 11) is 1.67. The first-order valence-electron chi connectivity index (χ1n) is 5.53. The number of nitrogens with one attached hydrogen (secondary N) is 1. The van der Waals surface area contributed by atoms with Gasteiger partial charge in [0.15, 0.2) is 0 Å². The van der Waals surface area contributed by atoms with Gasteiger partial charge < -0.3 is 10.1 Å². The molecule has 0 aromatic heterocycles. The lowest BCUT2D eigenvalue weighted by Gasteiger charge is -2.15. The number of rotatable bonds is 5. The standard InChI is InChI=1S/C13H16N2O/c1-16-12-5-3-2-4-11(12)15-10-13(6-7-13)8-9-14/h2-5,15H,6-8,10H2,1H3. The number of benzene rings is 1. The van der Waals surface area contributed by atoms with Gasteiger partial charge in [-0.25, -0.2) is 0 Å². The number of ether oxygens (including phenoxy) is 1. The number of para-hydroxylation sites is 2. The molecule has 1 aromatic rings. The van der Waals surface area contributed by atoms with Crippen LogP contribution in [0.3, 0.4) is 0 Å². The first-order valence-corrected chi connectivity index (χ1v) is 5.53. The third-order valence-electron chi connectivity index (χ3n) is 3.17. The first-order chi connectivity index (χ1) is 7.79. The Hall–Kier alpha value is -1.69. The molecular weight excluding hydrogens is 200 g/mol. The normalized spacial score (nSPS) is 16.2. The molecule has 0 amide bonds. The zero-order valence-corrected chi connectivity index (χ0v) is 9.49. The molecule has 0 radical (unpaired) electrons. The van der Waals surface area contributed by atoms with Crippen molar-refractivity contribution < 1.29 is 4.74 Å². The molecule has 0 unspecified atom stereocenters. The molecule has 1 aliphatic rings. The van der Waals surface area contributed by atoms with E-state index >= 15 is 0 Å². The van der Waals surface area contributed by atoms with Gasteiger partial charge in [0.1, 0.15) is 5.75 Å². The maximum absolute atomic E-state index is 8.74. The number of nitriles is 1. The molecule has 1 aromatic carbocycles. The van der Waals surface area contributed by atoms with Gasteiger partial charge in [-0.15, -0.1) is 0 Å². The lowest BCUT2D eigenvalue weighted by atomic mass is 10.0. The smallest absolute Gasteiger partial charge is 0.141 e. The summed E-state index contributed by atoms with van der Waals surface area (Å²) in [6.07, 6.45) is 2.96. The summed E-state index contributed by atoms with van der Waals surface area (Å²) in [4.78, 5) is 0. The van der Waals surface area contributed by atoms with E-state index in [1.807, 2.05) is 24.3 Å². The summed E-state index contributed by atoms with van der Waals surface area (Å²) >= 11 is 0. The van der Waals surface area contributed by atoms with Gasteiger partial charge >= 0.3 is 0 Å². The van der Waals surface area contributed by atoms with Gasteiger partial charge in [-0.3, -0.25) is 0 Å². The molecule has 3 nitrogen and oxygen atoms in total. The molecule has 0 heterocycles. The van der Waals surface area contributed by atoms with Crippen LogP contribution in [0.25, 0.3) is 0 Å². The van der Waals surface area contributed by atoms with Crippen LogP contribution in [0.5, 0.6) is 5.75 Å². The van der Waals surface area contributed by atoms with E-state index < -0.39 is 0 Å². The monoisotopic (exact) mass is 216 g/mol. The maximum Gasteiger partial charge on any atom is 0.141 e. The van der Waals surface area contributed by atoms with E-state index in [-0.39, 0.29) is 5.41 Å². The van der Waals surface area contributed by atoms with E-state index in [0.717, 1.165) is 30.8 Å². The van der Waals surface area contributed by atoms with Gasteiger partial charge in [-0.1, -0.05) is 12.1 Å². The second-order valence-electron chi connectivity index (χ2n) is 4.39. The molecule has 0 bridgehead atoms. The van der Waals surface area contributed by atoms with E-state index in [0.29, 0.717) is 6.42 Å². The summed E-state index contributed by atoms with van der Waals surface area (Å²) in [6, 6.07) is 10.1. The Labute approximate surface area is 96.0 Å². The van der Waals surface area contributed by atoms with Crippen molar-refractivity contribution in [1.29, 1.82) is 5.26 Å². The Kier molecular flexibility index (Phi) is 3.00. The molecule has 0 atom stereocenters. The number of anilines is 1. The van der Waals surface area contributed by atoms with Crippen molar-refractivity contribution in [2.24, 2.45) is 5.41 Å². The Morgan fingerprint density at radius 3 is 2.81 bits per heavy atom. The van der Waals surface area contributed by atoms with Crippen LogP contribution in [0.4, 0.5) is 5.69 Å². The van der Waals surface area contributed by atoms with E-state index in [9.17, 15) is 0 Å². The van der Waals surface area contributed by atoms with Gasteiger partial charge in [0.25, 0.3) is 0 Å². The van der Waals surface area contributed by atoms with Gasteiger partial charge in [0.2, 0.25) is 0 Å². The molecule has 0 saturated heterocycles. The van der Waals surface area contributed by atoms with Crippen molar-refractivity contribution in [3.63, 3.8) is 0 Å². The van der Waals surface area contributed by atoms with Gasteiger partial charge in [-0.2, -0.15) is 5.26 Å². The molecular formula is C13H16N2O. The minimum Gasteiger partial charge on any atom is -0.495 e. The Bertz CT molecular complexity index is 405. The summed E-state index contributed by atoms with van der Waals surface area (Å²) in [5.74, 6) is 0.857. The van der Waals surface area contributed by atoms with E-state index in [4.69, 9.17) is 10.00 Å². The molecule has 84 valence electrons. The number of methoxy groups -OCH3 is 1. The van der Waals surface area contributed by atoms with Gasteiger partial charge in [0, 0.05) is 18.4 Å². The van der Waals surface area contributed by atoms with Gasteiger partial charge in [-0.05, 0) is 25.0 Å². The highest BCUT2D eigenvalue weighted by Gasteiger charge is 2.42.